The smallest absolute Gasteiger partial charge is 0.164 e. The van der Waals surface area contributed by atoms with E-state index in [1.54, 1.807) is 0 Å². The highest BCUT2D eigenvalue weighted by molar-refractivity contribution is 7.27. The molecule has 0 radical (unpaired) electrons. The minimum absolute atomic E-state index is 0.258. The molecule has 4 aromatic rings. The van der Waals surface area contributed by atoms with Crippen LogP contribution in [0.25, 0.3) is 22.3 Å². The molecule has 30 heavy (non-hydrogen) atoms. The van der Waals surface area contributed by atoms with E-state index < -0.39 is 0 Å². The van der Waals surface area contributed by atoms with Gasteiger partial charge in [0.25, 0.3) is 0 Å². The van der Waals surface area contributed by atoms with Crippen molar-refractivity contribution in [1.82, 2.24) is 24.6 Å². The van der Waals surface area contributed by atoms with Gasteiger partial charge in [-0.15, -0.1) is 9.24 Å². The first-order valence-corrected chi connectivity index (χ1v) is 10.9. The fourth-order valence-electron chi connectivity index (χ4n) is 4.31. The Morgan fingerprint density at radius 3 is 2.63 bits per heavy atom. The van der Waals surface area contributed by atoms with Gasteiger partial charge in [0.1, 0.15) is 17.8 Å². The highest BCUT2D eigenvalue weighted by atomic mass is 31.0. The van der Waals surface area contributed by atoms with Crippen molar-refractivity contribution in [1.29, 1.82) is 0 Å². The van der Waals surface area contributed by atoms with E-state index in [0.717, 1.165) is 60.1 Å². The van der Waals surface area contributed by atoms with Crippen molar-refractivity contribution in [3.63, 3.8) is 0 Å². The van der Waals surface area contributed by atoms with Crippen molar-refractivity contribution in [2.24, 2.45) is 0 Å². The number of nitrogens with zero attached hydrogens (tertiary/aromatic N) is 5. The maximum Gasteiger partial charge on any atom is 0.164 e. The molecule has 1 fully saturated rings. The molecule has 0 spiro atoms. The molecule has 2 N–H and O–H groups in total. The van der Waals surface area contributed by atoms with Crippen LogP contribution in [0.4, 0.5) is 5.82 Å². The number of likely N-dealkylation sites (tertiary alicyclic amines) is 1. The topological polar surface area (TPSA) is 72.9 Å². The van der Waals surface area contributed by atoms with Gasteiger partial charge in [0.15, 0.2) is 5.65 Å². The minimum Gasteiger partial charge on any atom is -0.383 e. The van der Waals surface area contributed by atoms with Gasteiger partial charge < -0.3 is 5.73 Å². The molecule has 2 unspecified atom stereocenters. The van der Waals surface area contributed by atoms with E-state index in [2.05, 4.69) is 83.4 Å². The number of hydrogen-bond acceptors (Lipinski definition) is 5. The third-order valence-corrected chi connectivity index (χ3v) is 6.16. The fraction of sp³-hybridized carbons (Fsp3) is 0.261. The monoisotopic (exact) mass is 416 g/mol. The number of piperidine rings is 1. The summed E-state index contributed by atoms with van der Waals surface area (Å²) in [5, 5.41) is 6.99. The van der Waals surface area contributed by atoms with Gasteiger partial charge in [-0.05, 0) is 30.3 Å². The second kappa shape index (κ2) is 8.13. The SMILES string of the molecule is Nc1ncnc2c1c(-c1ccc(P)cc1)nn2C1CCCN(Cc2ccccc2)C1. The summed E-state index contributed by atoms with van der Waals surface area (Å²) in [5.74, 6) is 0.480. The van der Waals surface area contributed by atoms with E-state index in [1.807, 2.05) is 0 Å². The number of rotatable bonds is 4. The number of nitrogen functional groups attached to an aromatic ring is 1. The van der Waals surface area contributed by atoms with Gasteiger partial charge in [-0.2, -0.15) is 5.10 Å². The predicted molar refractivity (Wildman–Crippen MR) is 125 cm³/mol. The summed E-state index contributed by atoms with van der Waals surface area (Å²) in [4.78, 5) is 11.3. The van der Waals surface area contributed by atoms with E-state index in [4.69, 9.17) is 10.8 Å². The van der Waals surface area contributed by atoms with E-state index >= 15 is 0 Å². The molecule has 7 heteroatoms. The van der Waals surface area contributed by atoms with Gasteiger partial charge in [0, 0.05) is 18.7 Å². The Labute approximate surface area is 178 Å². The molecule has 2 atom stereocenters. The molecule has 1 aliphatic heterocycles. The minimum atomic E-state index is 0.258. The summed E-state index contributed by atoms with van der Waals surface area (Å²) in [6.45, 7) is 3.00. The van der Waals surface area contributed by atoms with Crippen LogP contribution in [-0.2, 0) is 6.54 Å². The van der Waals surface area contributed by atoms with E-state index in [9.17, 15) is 0 Å². The predicted octanol–water partition coefficient (Wildman–Crippen LogP) is 3.41. The van der Waals surface area contributed by atoms with E-state index in [0.29, 0.717) is 5.82 Å². The molecule has 0 bridgehead atoms. The molecule has 1 aliphatic rings. The van der Waals surface area contributed by atoms with E-state index in [-0.39, 0.29) is 6.04 Å². The third-order valence-electron chi connectivity index (χ3n) is 5.78. The summed E-state index contributed by atoms with van der Waals surface area (Å²) >= 11 is 0. The zero-order valence-corrected chi connectivity index (χ0v) is 17.9. The number of aromatic nitrogens is 4. The van der Waals surface area contributed by atoms with Gasteiger partial charge in [-0.1, -0.05) is 54.6 Å². The van der Waals surface area contributed by atoms with Crippen LogP contribution in [0, 0.1) is 0 Å². The van der Waals surface area contributed by atoms with Crippen molar-refractivity contribution < 1.29 is 0 Å². The first-order chi connectivity index (χ1) is 14.7. The number of anilines is 1. The third kappa shape index (κ3) is 3.69. The molecule has 6 nitrogen and oxygen atoms in total. The molecule has 152 valence electrons. The quantitative estimate of drug-likeness (QED) is 0.516. The Kier molecular flexibility index (Phi) is 5.19. The maximum atomic E-state index is 6.28. The Hall–Kier alpha value is -2.82. The molecule has 3 heterocycles. The normalized spacial score (nSPS) is 17.4. The lowest BCUT2D eigenvalue weighted by Crippen LogP contribution is -2.36. The molecule has 0 aliphatic carbocycles. The number of fused-ring (bicyclic) bond motifs is 1. The Balaban J connectivity index is 1.51. The van der Waals surface area contributed by atoms with Crippen molar-refractivity contribution in [2.45, 2.75) is 25.4 Å². The van der Waals surface area contributed by atoms with Crippen molar-refractivity contribution in [3.8, 4) is 11.3 Å². The largest absolute Gasteiger partial charge is 0.383 e. The van der Waals surface area contributed by atoms with Crippen LogP contribution in [-0.4, -0.2) is 37.7 Å². The van der Waals surface area contributed by atoms with Crippen LogP contribution in [0.15, 0.2) is 60.9 Å². The number of nitrogens with two attached hydrogens (primary N) is 1. The number of benzene rings is 2. The lowest BCUT2D eigenvalue weighted by atomic mass is 10.0. The average molecular weight is 416 g/mol. The van der Waals surface area contributed by atoms with Crippen LogP contribution in [0.2, 0.25) is 0 Å². The fourth-order valence-corrected chi connectivity index (χ4v) is 4.50. The summed E-state index contributed by atoms with van der Waals surface area (Å²) in [5.41, 5.74) is 10.3. The van der Waals surface area contributed by atoms with Crippen molar-refractivity contribution >= 4 is 31.4 Å². The molecule has 1 saturated heterocycles. The summed E-state index contributed by atoms with van der Waals surface area (Å²) in [6.07, 6.45) is 3.75. The van der Waals surface area contributed by atoms with Gasteiger partial charge in [-0.3, -0.25) is 4.90 Å². The Morgan fingerprint density at radius 1 is 1.03 bits per heavy atom. The molecule has 2 aromatic carbocycles. The van der Waals surface area contributed by atoms with Gasteiger partial charge in [0.05, 0.1) is 11.4 Å². The maximum absolute atomic E-state index is 6.28. The zero-order chi connectivity index (χ0) is 20.5. The van der Waals surface area contributed by atoms with Crippen LogP contribution < -0.4 is 11.0 Å². The molecule has 2 aromatic heterocycles. The lowest BCUT2D eigenvalue weighted by molar-refractivity contribution is 0.165. The van der Waals surface area contributed by atoms with Crippen LogP contribution >= 0.6 is 9.24 Å². The van der Waals surface area contributed by atoms with Crippen LogP contribution in [0.3, 0.4) is 0 Å². The van der Waals surface area contributed by atoms with Crippen molar-refractivity contribution in [3.05, 3.63) is 66.5 Å². The van der Waals surface area contributed by atoms with Crippen molar-refractivity contribution in [2.75, 3.05) is 18.8 Å². The second-order valence-corrected chi connectivity index (χ2v) is 8.56. The molecule has 0 amide bonds. The van der Waals surface area contributed by atoms with Gasteiger partial charge in [-0.25, -0.2) is 14.6 Å². The molecular weight excluding hydrogens is 391 g/mol. The summed E-state index contributed by atoms with van der Waals surface area (Å²) in [7, 11) is 2.72. The standard InChI is InChI=1S/C23H25N6P/c24-22-20-21(17-8-10-19(30)11-9-17)27-29(23(20)26-15-25-22)18-7-4-12-28(14-18)13-16-5-2-1-3-6-16/h1-3,5-6,8-11,15,18H,4,7,12-14,30H2,(H2,24,25,26). The molecular formula is C23H25N6P. The zero-order valence-electron chi connectivity index (χ0n) is 16.8. The Morgan fingerprint density at radius 2 is 1.83 bits per heavy atom. The molecule has 0 saturated carbocycles. The Bertz CT molecular complexity index is 1160. The number of hydrogen-bond donors (Lipinski definition) is 1. The first kappa shape index (κ1) is 19.2. The van der Waals surface area contributed by atoms with Crippen LogP contribution in [0.5, 0.6) is 0 Å². The lowest BCUT2D eigenvalue weighted by Gasteiger charge is -2.33. The highest BCUT2D eigenvalue weighted by Gasteiger charge is 2.26. The second-order valence-electron chi connectivity index (χ2n) is 7.89. The average Bonchev–Trinajstić information content (AvgIpc) is 3.16. The highest BCUT2D eigenvalue weighted by Crippen LogP contribution is 2.33. The first-order valence-electron chi connectivity index (χ1n) is 10.3. The summed E-state index contributed by atoms with van der Waals surface area (Å²) < 4.78 is 2.08. The van der Waals surface area contributed by atoms with E-state index in [1.165, 1.54) is 11.9 Å². The van der Waals surface area contributed by atoms with Gasteiger partial charge >= 0.3 is 0 Å². The molecule has 5 rings (SSSR count). The van der Waals surface area contributed by atoms with Crippen LogP contribution in [0.1, 0.15) is 24.4 Å². The van der Waals surface area contributed by atoms with Gasteiger partial charge in [0.2, 0.25) is 0 Å². The summed E-state index contributed by atoms with van der Waals surface area (Å²) in [6, 6.07) is 19.2.